The van der Waals surface area contributed by atoms with Crippen molar-refractivity contribution in [1.82, 2.24) is 0 Å². The molecule has 0 rings (SSSR count). The van der Waals surface area contributed by atoms with Crippen molar-refractivity contribution in [2.45, 2.75) is 11.5 Å². The summed E-state index contributed by atoms with van der Waals surface area (Å²) in [6, 6.07) is 0. The van der Waals surface area contributed by atoms with E-state index in [2.05, 4.69) is 0 Å². The number of hydrogen-bond acceptors (Lipinski definition) is 1. The second-order valence-corrected chi connectivity index (χ2v) is 1.44. The maximum Gasteiger partial charge on any atom is 0.296 e. The molecule has 0 spiro atoms. The molecule has 1 N–H and O–H groups in total. The molecular formula is C3H3B3O2. The van der Waals surface area contributed by atoms with Gasteiger partial charge in [0.25, 0.3) is 5.97 Å². The summed E-state index contributed by atoms with van der Waals surface area (Å²) in [5.41, 5.74) is -0.979. The summed E-state index contributed by atoms with van der Waals surface area (Å²) < 4.78 is 0. The lowest BCUT2D eigenvalue weighted by Crippen LogP contribution is -2.13. The SMILES string of the molecule is [B]C([B])C([B])C(=O)O. The highest BCUT2D eigenvalue weighted by molar-refractivity contribution is 6.42. The molecule has 0 amide bonds. The monoisotopic (exact) mass is 104 g/mol. The van der Waals surface area contributed by atoms with Crippen LogP contribution in [0, 0.1) is 0 Å². The first-order chi connectivity index (χ1) is 3.55. The van der Waals surface area contributed by atoms with E-state index in [1.165, 1.54) is 0 Å². The molecule has 0 saturated carbocycles. The van der Waals surface area contributed by atoms with E-state index in [0.717, 1.165) is 0 Å². The molecule has 0 aliphatic carbocycles. The molecule has 1 atom stereocenters. The Labute approximate surface area is 51.9 Å². The van der Waals surface area contributed by atoms with Crippen LogP contribution < -0.4 is 0 Å². The molecular weight excluding hydrogens is 100 g/mol. The zero-order valence-corrected chi connectivity index (χ0v) is 4.24. The first-order valence-corrected chi connectivity index (χ1v) is 2.05. The minimum absolute atomic E-state index is 0.979. The molecule has 0 heterocycles. The van der Waals surface area contributed by atoms with Gasteiger partial charge in [-0.2, -0.15) is 0 Å². The van der Waals surface area contributed by atoms with Crippen LogP contribution in [0.5, 0.6) is 0 Å². The molecule has 8 heavy (non-hydrogen) atoms. The Morgan fingerprint density at radius 3 is 1.75 bits per heavy atom. The molecule has 0 aliphatic rings. The summed E-state index contributed by atoms with van der Waals surface area (Å²) in [7, 11) is 14.7. The third kappa shape index (κ3) is 2.10. The van der Waals surface area contributed by atoms with E-state index in [9.17, 15) is 4.79 Å². The van der Waals surface area contributed by atoms with E-state index in [-0.39, 0.29) is 0 Å². The average Bonchev–Trinajstić information content (AvgIpc) is 1.64. The minimum atomic E-state index is -1.18. The molecule has 2 nitrogen and oxygen atoms in total. The van der Waals surface area contributed by atoms with E-state index < -0.39 is 17.5 Å². The van der Waals surface area contributed by atoms with Crippen molar-refractivity contribution in [3.05, 3.63) is 0 Å². The number of aliphatic carboxylic acids is 1. The Balaban J connectivity index is 3.64. The van der Waals surface area contributed by atoms with Gasteiger partial charge in [0.15, 0.2) is 0 Å². The maximum absolute atomic E-state index is 9.86. The fourth-order valence-corrected chi connectivity index (χ4v) is 0.165. The highest BCUT2D eigenvalue weighted by Gasteiger charge is 2.12. The molecule has 0 aromatic heterocycles. The lowest BCUT2D eigenvalue weighted by Gasteiger charge is -2.08. The number of carbonyl (C=O) groups is 1. The predicted octanol–water partition coefficient (Wildman–Crippen LogP) is -0.889. The van der Waals surface area contributed by atoms with Crippen LogP contribution in [0.4, 0.5) is 0 Å². The van der Waals surface area contributed by atoms with Gasteiger partial charge in [0.2, 0.25) is 0 Å². The Morgan fingerprint density at radius 2 is 1.75 bits per heavy atom. The van der Waals surface area contributed by atoms with Crippen LogP contribution in [-0.2, 0) is 4.79 Å². The highest BCUT2D eigenvalue weighted by atomic mass is 16.4. The minimum Gasteiger partial charge on any atom is -0.482 e. The van der Waals surface area contributed by atoms with Crippen LogP contribution in [-0.4, -0.2) is 34.6 Å². The predicted molar refractivity (Wildman–Crippen MR) is 32.4 cm³/mol. The molecule has 0 aromatic rings. The van der Waals surface area contributed by atoms with Gasteiger partial charge in [-0.05, 0) is 0 Å². The Morgan fingerprint density at radius 1 is 1.38 bits per heavy atom. The van der Waals surface area contributed by atoms with Crippen LogP contribution in [0.1, 0.15) is 0 Å². The number of rotatable bonds is 2. The van der Waals surface area contributed by atoms with Crippen molar-refractivity contribution in [2.75, 3.05) is 0 Å². The van der Waals surface area contributed by atoms with Crippen LogP contribution in [0.3, 0.4) is 0 Å². The molecule has 0 bridgehead atoms. The quantitative estimate of drug-likeness (QED) is 0.461. The third-order valence-corrected chi connectivity index (χ3v) is 0.700. The van der Waals surface area contributed by atoms with Gasteiger partial charge >= 0.3 is 0 Å². The van der Waals surface area contributed by atoms with Gasteiger partial charge in [-0.25, -0.2) is 0 Å². The van der Waals surface area contributed by atoms with Crippen molar-refractivity contribution < 1.29 is 9.90 Å². The molecule has 6 radical (unpaired) electrons. The van der Waals surface area contributed by atoms with Gasteiger partial charge in [-0.1, -0.05) is 0 Å². The number of carboxylic acids is 1. The van der Waals surface area contributed by atoms with E-state index in [4.69, 9.17) is 28.6 Å². The number of hydrogen-bond donors (Lipinski definition) is 1. The zero-order chi connectivity index (χ0) is 6.73. The van der Waals surface area contributed by atoms with Crippen molar-refractivity contribution in [2.24, 2.45) is 0 Å². The van der Waals surface area contributed by atoms with Gasteiger partial charge in [-0.3, -0.25) is 4.79 Å². The smallest absolute Gasteiger partial charge is 0.296 e. The van der Waals surface area contributed by atoms with Crippen molar-refractivity contribution in [3.63, 3.8) is 0 Å². The lowest BCUT2D eigenvalue weighted by atomic mass is 9.57. The summed E-state index contributed by atoms with van der Waals surface area (Å²) in [6.07, 6.45) is 0. The van der Waals surface area contributed by atoms with Crippen molar-refractivity contribution in [1.29, 1.82) is 0 Å². The van der Waals surface area contributed by atoms with Gasteiger partial charge in [0, 0.05) is 5.82 Å². The average molecular weight is 103 g/mol. The van der Waals surface area contributed by atoms with Gasteiger partial charge in [0.05, 0.1) is 23.5 Å². The molecule has 1 unspecified atom stereocenters. The van der Waals surface area contributed by atoms with Crippen molar-refractivity contribution >= 4 is 29.5 Å². The molecule has 0 saturated heterocycles. The summed E-state index contributed by atoms with van der Waals surface area (Å²) in [6.45, 7) is 0. The normalized spacial score (nSPS) is 13.6. The van der Waals surface area contributed by atoms with E-state index >= 15 is 0 Å². The van der Waals surface area contributed by atoms with Gasteiger partial charge in [-0.15, -0.1) is 5.72 Å². The summed E-state index contributed by atoms with van der Waals surface area (Å²) in [4.78, 5) is 9.86. The Bertz CT molecular complexity index is 92.5. The Hall–Kier alpha value is -0.335. The van der Waals surface area contributed by atoms with E-state index in [1.807, 2.05) is 0 Å². The second-order valence-electron chi connectivity index (χ2n) is 1.44. The van der Waals surface area contributed by atoms with Crippen LogP contribution in [0.15, 0.2) is 0 Å². The molecule has 0 aromatic carbocycles. The van der Waals surface area contributed by atoms with Gasteiger partial charge in [0.1, 0.15) is 0 Å². The zero-order valence-electron chi connectivity index (χ0n) is 4.24. The standard InChI is InChI=1S/C3H3B3O2/c4-1(2(5)6)3(7)8/h1-2H,(H,7,8). The molecule has 5 heteroatoms. The van der Waals surface area contributed by atoms with E-state index in [0.29, 0.717) is 0 Å². The summed E-state index contributed by atoms with van der Waals surface area (Å²) >= 11 is 0. The molecule has 0 fully saturated rings. The third-order valence-electron chi connectivity index (χ3n) is 0.700. The van der Waals surface area contributed by atoms with Crippen molar-refractivity contribution in [3.8, 4) is 0 Å². The second kappa shape index (κ2) is 2.85. The van der Waals surface area contributed by atoms with E-state index in [1.54, 1.807) is 0 Å². The molecule has 36 valence electrons. The number of carboxylic acid groups (broad SMARTS) is 1. The fraction of sp³-hybridized carbons (Fsp3) is 0.667. The van der Waals surface area contributed by atoms with Crippen LogP contribution >= 0.6 is 0 Å². The Kier molecular flexibility index (Phi) is 2.73. The fourth-order valence-electron chi connectivity index (χ4n) is 0.165. The molecule has 0 aliphatic heterocycles. The van der Waals surface area contributed by atoms with Gasteiger partial charge < -0.3 is 5.11 Å². The maximum atomic E-state index is 9.86. The first-order valence-electron chi connectivity index (χ1n) is 2.05. The topological polar surface area (TPSA) is 37.3 Å². The highest BCUT2D eigenvalue weighted by Crippen LogP contribution is 2.11. The first kappa shape index (κ1) is 7.66. The lowest BCUT2D eigenvalue weighted by molar-refractivity contribution is -0.136. The largest absolute Gasteiger partial charge is 0.482 e. The summed E-state index contributed by atoms with van der Waals surface area (Å²) in [5, 5.41) is 8.07. The van der Waals surface area contributed by atoms with Crippen LogP contribution in [0.2, 0.25) is 11.5 Å². The van der Waals surface area contributed by atoms with Crippen LogP contribution in [0.25, 0.3) is 0 Å². The summed E-state index contributed by atoms with van der Waals surface area (Å²) in [5.74, 6) is -2.34.